The van der Waals surface area contributed by atoms with E-state index in [0.717, 1.165) is 29.0 Å². The number of hydrogen-bond acceptors (Lipinski definition) is 4. The minimum Gasteiger partial charge on any atom is -0.491 e. The average Bonchev–Trinajstić information content (AvgIpc) is 3.15. The Hall–Kier alpha value is -2.30. The highest BCUT2D eigenvalue weighted by atomic mass is 16.7. The molecule has 0 spiro atoms. The van der Waals surface area contributed by atoms with Crippen molar-refractivity contribution in [2.75, 3.05) is 13.2 Å². The molecule has 0 radical (unpaired) electrons. The first kappa shape index (κ1) is 18.5. The zero-order valence-corrected chi connectivity index (χ0v) is 15.4. The van der Waals surface area contributed by atoms with Gasteiger partial charge < -0.3 is 18.9 Å². The van der Waals surface area contributed by atoms with E-state index in [4.69, 9.17) is 18.9 Å². The van der Waals surface area contributed by atoms with Crippen LogP contribution < -0.4 is 9.47 Å². The highest BCUT2D eigenvalue weighted by molar-refractivity contribution is 5.59. The lowest BCUT2D eigenvalue weighted by Gasteiger charge is -2.14. The molecule has 1 fully saturated rings. The summed E-state index contributed by atoms with van der Waals surface area (Å²) in [6.07, 6.45) is 4.81. The molecule has 1 saturated heterocycles. The Morgan fingerprint density at radius 2 is 1.85 bits per heavy atom. The van der Waals surface area contributed by atoms with Crippen molar-refractivity contribution in [2.45, 2.75) is 39.3 Å². The van der Waals surface area contributed by atoms with Crippen LogP contribution in [0.5, 0.6) is 11.5 Å². The molecule has 2 aromatic rings. The molecule has 1 heterocycles. The lowest BCUT2D eigenvalue weighted by Crippen LogP contribution is -2.06. The highest BCUT2D eigenvalue weighted by Crippen LogP contribution is 2.28. The van der Waals surface area contributed by atoms with Gasteiger partial charge in [0.1, 0.15) is 18.1 Å². The number of rotatable bonds is 8. The Morgan fingerprint density at radius 1 is 1.08 bits per heavy atom. The number of hydrogen-bond donors (Lipinski definition) is 0. The Balaban J connectivity index is 1.71. The standard InChI is InChI=1S/C22H26O4/c1-17(2)26-20-12-11-19(9-6-10-22-23-13-14-24-22)21(15-20)25-16-18-7-4-3-5-8-18/h3-9,11-12,15,17,22H,10,13-14,16H2,1-2H3/b9-6+. The first-order valence-electron chi connectivity index (χ1n) is 9.08. The summed E-state index contributed by atoms with van der Waals surface area (Å²) >= 11 is 0. The SMILES string of the molecule is CC(C)Oc1ccc(/C=C/CC2OCCO2)c(OCc2ccccc2)c1. The van der Waals surface area contributed by atoms with Crippen molar-refractivity contribution in [3.8, 4) is 11.5 Å². The molecule has 0 saturated carbocycles. The molecule has 0 N–H and O–H groups in total. The van der Waals surface area contributed by atoms with Gasteiger partial charge in [0.05, 0.1) is 19.3 Å². The Kier molecular flexibility index (Phi) is 6.69. The van der Waals surface area contributed by atoms with Gasteiger partial charge in [-0.25, -0.2) is 0 Å². The van der Waals surface area contributed by atoms with Gasteiger partial charge in [-0.15, -0.1) is 0 Å². The Labute approximate surface area is 155 Å². The molecule has 0 aromatic heterocycles. The molecular weight excluding hydrogens is 328 g/mol. The molecule has 2 aromatic carbocycles. The van der Waals surface area contributed by atoms with Crippen LogP contribution in [0.2, 0.25) is 0 Å². The van der Waals surface area contributed by atoms with E-state index >= 15 is 0 Å². The van der Waals surface area contributed by atoms with Crippen LogP contribution in [-0.2, 0) is 16.1 Å². The summed E-state index contributed by atoms with van der Waals surface area (Å²) in [4.78, 5) is 0. The van der Waals surface area contributed by atoms with E-state index in [-0.39, 0.29) is 12.4 Å². The maximum atomic E-state index is 6.07. The predicted molar refractivity (Wildman–Crippen MR) is 102 cm³/mol. The molecule has 1 aliphatic heterocycles. The third-order valence-corrected chi connectivity index (χ3v) is 3.91. The van der Waals surface area contributed by atoms with Crippen molar-refractivity contribution in [3.63, 3.8) is 0 Å². The maximum Gasteiger partial charge on any atom is 0.161 e. The third kappa shape index (κ3) is 5.61. The second-order valence-electron chi connectivity index (χ2n) is 6.45. The van der Waals surface area contributed by atoms with Crippen molar-refractivity contribution in [1.82, 2.24) is 0 Å². The van der Waals surface area contributed by atoms with E-state index in [1.807, 2.05) is 56.3 Å². The lowest BCUT2D eigenvalue weighted by molar-refractivity contribution is -0.0379. The second kappa shape index (κ2) is 9.41. The van der Waals surface area contributed by atoms with Crippen molar-refractivity contribution in [2.24, 2.45) is 0 Å². The van der Waals surface area contributed by atoms with Gasteiger partial charge in [0, 0.05) is 18.1 Å². The third-order valence-electron chi connectivity index (χ3n) is 3.91. The van der Waals surface area contributed by atoms with E-state index in [9.17, 15) is 0 Å². The summed E-state index contributed by atoms with van der Waals surface area (Å²) in [5.74, 6) is 1.61. The summed E-state index contributed by atoms with van der Waals surface area (Å²) < 4.78 is 22.8. The smallest absolute Gasteiger partial charge is 0.161 e. The number of benzene rings is 2. The van der Waals surface area contributed by atoms with Crippen molar-refractivity contribution >= 4 is 6.08 Å². The summed E-state index contributed by atoms with van der Waals surface area (Å²) in [5.41, 5.74) is 2.14. The van der Waals surface area contributed by atoms with Crippen LogP contribution in [-0.4, -0.2) is 25.6 Å². The van der Waals surface area contributed by atoms with Crippen molar-refractivity contribution < 1.29 is 18.9 Å². The Morgan fingerprint density at radius 3 is 2.58 bits per heavy atom. The molecule has 1 aliphatic rings. The van der Waals surface area contributed by atoms with E-state index in [1.165, 1.54) is 0 Å². The average molecular weight is 354 g/mol. The van der Waals surface area contributed by atoms with Crippen LogP contribution in [0, 0.1) is 0 Å². The van der Waals surface area contributed by atoms with Crippen LogP contribution in [0.25, 0.3) is 6.08 Å². The fourth-order valence-electron chi connectivity index (χ4n) is 2.71. The zero-order valence-electron chi connectivity index (χ0n) is 15.4. The normalized spacial score (nSPS) is 15.0. The molecule has 0 atom stereocenters. The van der Waals surface area contributed by atoms with Gasteiger partial charge >= 0.3 is 0 Å². The maximum absolute atomic E-state index is 6.07. The molecule has 4 nitrogen and oxygen atoms in total. The van der Waals surface area contributed by atoms with E-state index < -0.39 is 0 Å². The van der Waals surface area contributed by atoms with E-state index in [1.54, 1.807) is 0 Å². The molecule has 0 unspecified atom stereocenters. The first-order valence-corrected chi connectivity index (χ1v) is 9.08. The minimum absolute atomic E-state index is 0.120. The van der Waals surface area contributed by atoms with Gasteiger partial charge in [-0.05, 0) is 31.5 Å². The summed E-state index contributed by atoms with van der Waals surface area (Å²) in [6.45, 7) is 5.89. The molecule has 4 heteroatoms. The Bertz CT molecular complexity index is 703. The first-order chi connectivity index (χ1) is 12.7. The molecular formula is C22H26O4. The fraction of sp³-hybridized carbons (Fsp3) is 0.364. The van der Waals surface area contributed by atoms with Gasteiger partial charge in [-0.1, -0.05) is 42.5 Å². The molecule has 3 rings (SSSR count). The minimum atomic E-state index is -0.136. The van der Waals surface area contributed by atoms with Gasteiger partial charge in [0.2, 0.25) is 0 Å². The quantitative estimate of drug-likeness (QED) is 0.680. The predicted octanol–water partition coefficient (Wildman–Crippen LogP) is 4.83. The molecule has 0 bridgehead atoms. The van der Waals surface area contributed by atoms with E-state index in [2.05, 4.69) is 18.2 Å². The van der Waals surface area contributed by atoms with Crippen LogP contribution >= 0.6 is 0 Å². The van der Waals surface area contributed by atoms with Crippen LogP contribution in [0.3, 0.4) is 0 Å². The summed E-state index contributed by atoms with van der Waals surface area (Å²) in [5, 5.41) is 0. The summed E-state index contributed by atoms with van der Waals surface area (Å²) in [7, 11) is 0. The van der Waals surface area contributed by atoms with Crippen LogP contribution in [0.4, 0.5) is 0 Å². The lowest BCUT2D eigenvalue weighted by atomic mass is 10.1. The van der Waals surface area contributed by atoms with Crippen LogP contribution in [0.1, 0.15) is 31.4 Å². The van der Waals surface area contributed by atoms with Gasteiger partial charge in [0.25, 0.3) is 0 Å². The van der Waals surface area contributed by atoms with Crippen molar-refractivity contribution in [3.05, 3.63) is 65.7 Å². The van der Waals surface area contributed by atoms with Gasteiger partial charge in [-0.3, -0.25) is 0 Å². The monoisotopic (exact) mass is 354 g/mol. The number of ether oxygens (including phenoxy) is 4. The zero-order chi connectivity index (χ0) is 18.2. The van der Waals surface area contributed by atoms with Crippen molar-refractivity contribution in [1.29, 1.82) is 0 Å². The second-order valence-corrected chi connectivity index (χ2v) is 6.45. The summed E-state index contributed by atoms with van der Waals surface area (Å²) in [6, 6.07) is 16.1. The van der Waals surface area contributed by atoms with E-state index in [0.29, 0.717) is 19.8 Å². The molecule has 26 heavy (non-hydrogen) atoms. The molecule has 138 valence electrons. The molecule has 0 amide bonds. The topological polar surface area (TPSA) is 36.9 Å². The van der Waals surface area contributed by atoms with Gasteiger partial charge in [0.15, 0.2) is 6.29 Å². The van der Waals surface area contributed by atoms with Gasteiger partial charge in [-0.2, -0.15) is 0 Å². The van der Waals surface area contributed by atoms with Crippen LogP contribution in [0.15, 0.2) is 54.6 Å². The molecule has 0 aliphatic carbocycles. The highest BCUT2D eigenvalue weighted by Gasteiger charge is 2.13. The fourth-order valence-corrected chi connectivity index (χ4v) is 2.71. The largest absolute Gasteiger partial charge is 0.491 e.